The van der Waals surface area contributed by atoms with E-state index in [0.29, 0.717) is 18.4 Å². The number of amides is 1. The van der Waals surface area contributed by atoms with Gasteiger partial charge >= 0.3 is 0 Å². The van der Waals surface area contributed by atoms with Crippen molar-refractivity contribution in [2.45, 2.75) is 43.2 Å². The van der Waals surface area contributed by atoms with Gasteiger partial charge in [0, 0.05) is 32.1 Å². The molecule has 0 aliphatic carbocycles. The molecule has 1 atom stereocenters. The van der Waals surface area contributed by atoms with Crippen molar-refractivity contribution < 1.29 is 13.2 Å². The molecule has 132 valence electrons. The van der Waals surface area contributed by atoms with Crippen LogP contribution >= 0.6 is 0 Å². The highest BCUT2D eigenvalue weighted by atomic mass is 32.2. The molecule has 24 heavy (non-hydrogen) atoms. The Labute approximate surface area is 143 Å². The highest BCUT2D eigenvalue weighted by Crippen LogP contribution is 2.22. The van der Waals surface area contributed by atoms with Gasteiger partial charge in [-0.3, -0.25) is 9.69 Å². The highest BCUT2D eigenvalue weighted by molar-refractivity contribution is 7.89. The molecule has 0 unspecified atom stereocenters. The van der Waals surface area contributed by atoms with Crippen molar-refractivity contribution in [2.75, 3.05) is 26.7 Å². The molecule has 6 nitrogen and oxygen atoms in total. The summed E-state index contributed by atoms with van der Waals surface area (Å²) in [6.45, 7) is 3.61. The topological polar surface area (TPSA) is 69.7 Å². The van der Waals surface area contributed by atoms with Crippen LogP contribution in [0.2, 0.25) is 0 Å². The summed E-state index contributed by atoms with van der Waals surface area (Å²) in [7, 11) is -1.97. The van der Waals surface area contributed by atoms with Crippen molar-refractivity contribution >= 4 is 15.9 Å². The number of likely N-dealkylation sites (tertiary alicyclic amines) is 2. The quantitative estimate of drug-likeness (QED) is 0.865. The maximum absolute atomic E-state index is 11.9. The van der Waals surface area contributed by atoms with Crippen LogP contribution in [0.5, 0.6) is 0 Å². The van der Waals surface area contributed by atoms with Crippen molar-refractivity contribution in [1.82, 2.24) is 14.5 Å². The third-order valence-electron chi connectivity index (χ3n) is 4.94. The number of carbonyl (C=O) groups is 1. The first kappa shape index (κ1) is 17.4. The zero-order valence-electron chi connectivity index (χ0n) is 14.1. The molecule has 2 aliphatic rings. The van der Waals surface area contributed by atoms with Crippen LogP contribution in [-0.4, -0.2) is 56.8 Å². The van der Waals surface area contributed by atoms with Gasteiger partial charge in [0.25, 0.3) is 0 Å². The van der Waals surface area contributed by atoms with Crippen LogP contribution in [0.25, 0.3) is 0 Å². The Morgan fingerprint density at radius 3 is 2.54 bits per heavy atom. The van der Waals surface area contributed by atoms with Crippen molar-refractivity contribution in [3.8, 4) is 0 Å². The van der Waals surface area contributed by atoms with Gasteiger partial charge in [-0.15, -0.1) is 0 Å². The average Bonchev–Trinajstić information content (AvgIpc) is 3.02. The summed E-state index contributed by atoms with van der Waals surface area (Å²) in [4.78, 5) is 16.6. The fourth-order valence-electron chi connectivity index (χ4n) is 3.63. The van der Waals surface area contributed by atoms with E-state index >= 15 is 0 Å². The third-order valence-corrected chi connectivity index (χ3v) is 6.37. The first-order chi connectivity index (χ1) is 11.5. The van der Waals surface area contributed by atoms with Crippen LogP contribution in [0.1, 0.15) is 31.2 Å². The largest absolute Gasteiger partial charge is 0.338 e. The fraction of sp³-hybridized carbons (Fsp3) is 0.588. The van der Waals surface area contributed by atoms with E-state index in [-0.39, 0.29) is 4.90 Å². The zero-order chi connectivity index (χ0) is 17.2. The van der Waals surface area contributed by atoms with Gasteiger partial charge in [-0.1, -0.05) is 12.1 Å². The lowest BCUT2D eigenvalue weighted by atomic mass is 10.0. The molecule has 1 aromatic carbocycles. The molecule has 2 saturated heterocycles. The molecule has 2 aliphatic heterocycles. The lowest BCUT2D eigenvalue weighted by molar-refractivity contribution is -0.130. The Kier molecular flexibility index (Phi) is 5.22. The molecule has 1 amide bonds. The number of rotatable bonds is 5. The molecule has 0 saturated carbocycles. The Morgan fingerprint density at radius 1 is 1.17 bits per heavy atom. The minimum absolute atomic E-state index is 0.285. The second kappa shape index (κ2) is 7.21. The Hall–Kier alpha value is -1.44. The van der Waals surface area contributed by atoms with Gasteiger partial charge in [-0.25, -0.2) is 13.1 Å². The Morgan fingerprint density at radius 2 is 1.92 bits per heavy atom. The van der Waals surface area contributed by atoms with Crippen molar-refractivity contribution in [2.24, 2.45) is 0 Å². The summed E-state index contributed by atoms with van der Waals surface area (Å²) in [5.74, 6) is 0.295. The summed E-state index contributed by atoms with van der Waals surface area (Å²) in [6.07, 6.45) is 3.86. The predicted octanol–water partition coefficient (Wildman–Crippen LogP) is 1.18. The van der Waals surface area contributed by atoms with Crippen LogP contribution in [0, 0.1) is 0 Å². The molecule has 2 fully saturated rings. The molecule has 0 spiro atoms. The monoisotopic (exact) mass is 351 g/mol. The fourth-order valence-corrected chi connectivity index (χ4v) is 4.36. The minimum Gasteiger partial charge on any atom is -0.338 e. The van der Waals surface area contributed by atoms with E-state index in [1.54, 1.807) is 12.1 Å². The molecular weight excluding hydrogens is 326 g/mol. The Bertz CT molecular complexity index is 688. The number of piperidine rings is 1. The summed E-state index contributed by atoms with van der Waals surface area (Å²) in [5, 5.41) is 0. The standard InChI is InChI=1S/C17H25N3O3S/c1-18-24(22,23)16-8-6-14(7-9-16)12-19-10-2-4-15(13-19)20-11-3-5-17(20)21/h6-9,15,18H,2-5,10-13H2,1H3/t15-/m0/s1. The van der Waals surface area contributed by atoms with Gasteiger partial charge in [0.1, 0.15) is 0 Å². The van der Waals surface area contributed by atoms with E-state index in [0.717, 1.165) is 51.0 Å². The molecule has 7 heteroatoms. The van der Waals surface area contributed by atoms with E-state index in [4.69, 9.17) is 0 Å². The number of nitrogens with one attached hydrogen (secondary N) is 1. The van der Waals surface area contributed by atoms with Crippen molar-refractivity contribution in [1.29, 1.82) is 0 Å². The third kappa shape index (κ3) is 3.79. The van der Waals surface area contributed by atoms with Crippen LogP contribution in [0.4, 0.5) is 0 Å². The van der Waals surface area contributed by atoms with E-state index in [1.165, 1.54) is 7.05 Å². The van der Waals surface area contributed by atoms with E-state index < -0.39 is 10.0 Å². The van der Waals surface area contributed by atoms with Crippen LogP contribution in [0.3, 0.4) is 0 Å². The molecule has 0 aromatic heterocycles. The SMILES string of the molecule is CNS(=O)(=O)c1ccc(CN2CCC[C@H](N3CCCC3=O)C2)cc1. The van der Waals surface area contributed by atoms with Gasteiger partial charge in [-0.05, 0) is 50.6 Å². The van der Waals surface area contributed by atoms with E-state index in [1.807, 2.05) is 12.1 Å². The number of sulfonamides is 1. The molecule has 1 N–H and O–H groups in total. The summed E-state index contributed by atoms with van der Waals surface area (Å²) in [6, 6.07) is 7.36. The van der Waals surface area contributed by atoms with Crippen LogP contribution in [0.15, 0.2) is 29.2 Å². The smallest absolute Gasteiger partial charge is 0.240 e. The molecule has 2 heterocycles. The molecule has 0 bridgehead atoms. The van der Waals surface area contributed by atoms with Gasteiger partial charge in [0.2, 0.25) is 15.9 Å². The first-order valence-electron chi connectivity index (χ1n) is 8.54. The second-order valence-corrected chi connectivity index (χ2v) is 8.46. The van der Waals surface area contributed by atoms with Crippen LogP contribution < -0.4 is 4.72 Å². The predicted molar refractivity (Wildman–Crippen MR) is 91.9 cm³/mol. The molecular formula is C17H25N3O3S. The van der Waals surface area contributed by atoms with Gasteiger partial charge < -0.3 is 4.90 Å². The summed E-state index contributed by atoms with van der Waals surface area (Å²) in [5.41, 5.74) is 1.10. The highest BCUT2D eigenvalue weighted by Gasteiger charge is 2.31. The number of nitrogens with zero attached hydrogens (tertiary/aromatic N) is 2. The molecule has 1 aromatic rings. The lowest BCUT2D eigenvalue weighted by Crippen LogP contribution is -2.48. The molecule has 0 radical (unpaired) electrons. The lowest BCUT2D eigenvalue weighted by Gasteiger charge is -2.37. The number of hydrogen-bond acceptors (Lipinski definition) is 4. The minimum atomic E-state index is -3.38. The maximum Gasteiger partial charge on any atom is 0.240 e. The number of carbonyl (C=O) groups excluding carboxylic acids is 1. The van der Waals surface area contributed by atoms with E-state index in [9.17, 15) is 13.2 Å². The first-order valence-corrected chi connectivity index (χ1v) is 10.0. The van der Waals surface area contributed by atoms with Gasteiger partial charge in [0.05, 0.1) is 4.90 Å². The van der Waals surface area contributed by atoms with Crippen LogP contribution in [-0.2, 0) is 21.4 Å². The number of benzene rings is 1. The molecule has 3 rings (SSSR count). The van der Waals surface area contributed by atoms with Crippen molar-refractivity contribution in [3.05, 3.63) is 29.8 Å². The normalized spacial score (nSPS) is 23.0. The average molecular weight is 351 g/mol. The van der Waals surface area contributed by atoms with Crippen molar-refractivity contribution in [3.63, 3.8) is 0 Å². The second-order valence-electron chi connectivity index (χ2n) is 6.57. The van der Waals surface area contributed by atoms with Gasteiger partial charge in [0.15, 0.2) is 0 Å². The zero-order valence-corrected chi connectivity index (χ0v) is 14.9. The number of hydrogen-bond donors (Lipinski definition) is 1. The summed E-state index contributed by atoms with van der Waals surface area (Å²) < 4.78 is 25.9. The maximum atomic E-state index is 11.9. The summed E-state index contributed by atoms with van der Waals surface area (Å²) >= 11 is 0. The van der Waals surface area contributed by atoms with Gasteiger partial charge in [-0.2, -0.15) is 0 Å². The van der Waals surface area contributed by atoms with E-state index in [2.05, 4.69) is 14.5 Å². The Balaban J connectivity index is 1.62.